The predicted octanol–water partition coefficient (Wildman–Crippen LogP) is 6.86. The van der Waals surface area contributed by atoms with Gasteiger partial charge in [-0.2, -0.15) is 0 Å². The maximum atomic E-state index is 13.3. The first-order valence-electron chi connectivity index (χ1n) is 12.2. The summed E-state index contributed by atoms with van der Waals surface area (Å²) >= 11 is 13.1. The molecule has 0 atom stereocenters. The summed E-state index contributed by atoms with van der Waals surface area (Å²) in [6, 6.07) is 17.8. The highest BCUT2D eigenvalue weighted by atomic mass is 35.5. The Balaban J connectivity index is 1.27. The maximum Gasteiger partial charge on any atom is 0.293 e. The van der Waals surface area contributed by atoms with Crippen LogP contribution in [-0.4, -0.2) is 33.3 Å². The van der Waals surface area contributed by atoms with Gasteiger partial charge in [0, 0.05) is 44.0 Å². The number of halogens is 2. The van der Waals surface area contributed by atoms with Crippen LogP contribution < -0.4 is 14.8 Å². The number of amides is 3. The van der Waals surface area contributed by atoms with E-state index < -0.39 is 5.91 Å². The molecule has 3 aromatic carbocycles. The SMILES string of the molecule is Cc1c(/C=C2\SC(=O)N(Cc3ccc(Cl)cc3Cl)C2=O)c2ccccc2n1CC(=O)Nc1ccc2c(c1)OCO2. The molecule has 11 heteroatoms. The fourth-order valence-corrected chi connectivity index (χ4v) is 6.04. The second kappa shape index (κ2) is 10.6. The fourth-order valence-electron chi connectivity index (χ4n) is 4.75. The van der Waals surface area contributed by atoms with Crippen molar-refractivity contribution in [1.82, 2.24) is 9.47 Å². The van der Waals surface area contributed by atoms with Crippen LogP contribution in [0.25, 0.3) is 17.0 Å². The zero-order valence-electron chi connectivity index (χ0n) is 21.1. The van der Waals surface area contributed by atoms with Crippen molar-refractivity contribution in [3.05, 3.63) is 92.4 Å². The Kier molecular flexibility index (Phi) is 6.95. The number of benzene rings is 3. The summed E-state index contributed by atoms with van der Waals surface area (Å²) in [7, 11) is 0. The third-order valence-corrected chi connectivity index (χ3v) is 8.22. The van der Waals surface area contributed by atoms with E-state index in [0.717, 1.165) is 33.9 Å². The van der Waals surface area contributed by atoms with E-state index >= 15 is 0 Å². The lowest BCUT2D eigenvalue weighted by atomic mass is 10.1. The molecule has 3 amide bonds. The van der Waals surface area contributed by atoms with Gasteiger partial charge in [0.25, 0.3) is 11.1 Å². The number of rotatable bonds is 6. The van der Waals surface area contributed by atoms with Gasteiger partial charge in [0.05, 0.1) is 11.4 Å². The molecule has 8 nitrogen and oxygen atoms in total. The van der Waals surface area contributed by atoms with Crippen molar-refractivity contribution in [2.24, 2.45) is 0 Å². The van der Waals surface area contributed by atoms with Gasteiger partial charge >= 0.3 is 0 Å². The van der Waals surface area contributed by atoms with Crippen LogP contribution in [0.1, 0.15) is 16.8 Å². The molecule has 3 heterocycles. The van der Waals surface area contributed by atoms with E-state index in [0.29, 0.717) is 37.7 Å². The lowest BCUT2D eigenvalue weighted by molar-refractivity contribution is -0.123. The normalized spacial score (nSPS) is 15.5. The van der Waals surface area contributed by atoms with E-state index in [-0.39, 0.29) is 31.0 Å². The van der Waals surface area contributed by atoms with Gasteiger partial charge in [-0.1, -0.05) is 47.5 Å². The van der Waals surface area contributed by atoms with Gasteiger partial charge in [0.15, 0.2) is 11.5 Å². The Labute approximate surface area is 243 Å². The van der Waals surface area contributed by atoms with Crippen LogP contribution in [0.15, 0.2) is 65.6 Å². The number of nitrogens with zero attached hydrogens (tertiary/aromatic N) is 2. The highest BCUT2D eigenvalue weighted by Crippen LogP contribution is 2.37. The first-order chi connectivity index (χ1) is 19.3. The van der Waals surface area contributed by atoms with Gasteiger partial charge in [0.1, 0.15) is 6.54 Å². The number of hydrogen-bond donors (Lipinski definition) is 1. The maximum absolute atomic E-state index is 13.3. The van der Waals surface area contributed by atoms with Crippen molar-refractivity contribution in [2.45, 2.75) is 20.0 Å². The minimum Gasteiger partial charge on any atom is -0.454 e. The molecule has 4 aromatic rings. The Morgan fingerprint density at radius 1 is 1.05 bits per heavy atom. The van der Waals surface area contributed by atoms with Crippen molar-refractivity contribution in [2.75, 3.05) is 12.1 Å². The molecule has 1 fully saturated rings. The number of imide groups is 1. The van der Waals surface area contributed by atoms with Crippen LogP contribution in [0, 0.1) is 6.92 Å². The summed E-state index contributed by atoms with van der Waals surface area (Å²) in [5, 5.41) is 4.24. The van der Waals surface area contributed by atoms with Crippen LogP contribution in [-0.2, 0) is 22.7 Å². The van der Waals surface area contributed by atoms with E-state index in [4.69, 9.17) is 32.7 Å². The first-order valence-corrected chi connectivity index (χ1v) is 13.8. The molecule has 0 spiro atoms. The highest BCUT2D eigenvalue weighted by Gasteiger charge is 2.36. The van der Waals surface area contributed by atoms with Gasteiger partial charge in [-0.25, -0.2) is 0 Å². The fraction of sp³-hybridized carbons (Fsp3) is 0.138. The predicted molar refractivity (Wildman–Crippen MR) is 156 cm³/mol. The molecule has 2 aliphatic rings. The molecular weight excluding hydrogens is 573 g/mol. The molecule has 0 unspecified atom stereocenters. The van der Waals surface area contributed by atoms with E-state index in [1.54, 1.807) is 42.5 Å². The number of carbonyl (C=O) groups excluding carboxylic acids is 3. The second-order valence-corrected chi connectivity index (χ2v) is 11.1. The van der Waals surface area contributed by atoms with Gasteiger partial charge < -0.3 is 19.4 Å². The molecule has 1 saturated heterocycles. The van der Waals surface area contributed by atoms with E-state index in [9.17, 15) is 14.4 Å². The third kappa shape index (κ3) is 4.92. The third-order valence-electron chi connectivity index (χ3n) is 6.73. The molecule has 0 bridgehead atoms. The van der Waals surface area contributed by atoms with Gasteiger partial charge in [-0.15, -0.1) is 0 Å². The summed E-state index contributed by atoms with van der Waals surface area (Å²) in [4.78, 5) is 40.6. The Hall–Kier alpha value is -3.92. The number of nitrogens with one attached hydrogen (secondary N) is 1. The van der Waals surface area contributed by atoms with Crippen LogP contribution in [0.3, 0.4) is 0 Å². The standard InChI is InChI=1S/C29H21Cl2N3O5S/c1-16-21(12-26-28(36)34(29(37)40-26)13-17-6-7-18(30)10-22(17)31)20-4-2-3-5-23(20)33(16)14-27(35)32-19-8-9-24-25(11-19)39-15-38-24/h2-12H,13-15H2,1H3,(H,32,35)/b26-12-. The molecule has 40 heavy (non-hydrogen) atoms. The Morgan fingerprint density at radius 2 is 1.85 bits per heavy atom. The second-order valence-electron chi connectivity index (χ2n) is 9.22. The number of carbonyl (C=O) groups is 3. The molecular formula is C29H21Cl2N3O5S. The minimum atomic E-state index is -0.405. The number of para-hydroxylation sites is 1. The lowest BCUT2D eigenvalue weighted by Crippen LogP contribution is -2.27. The smallest absolute Gasteiger partial charge is 0.293 e. The van der Waals surface area contributed by atoms with Crippen LogP contribution in [0.2, 0.25) is 10.0 Å². The average molecular weight is 594 g/mol. The van der Waals surface area contributed by atoms with Crippen molar-refractivity contribution < 1.29 is 23.9 Å². The molecule has 0 aliphatic carbocycles. The molecule has 1 aromatic heterocycles. The van der Waals surface area contributed by atoms with Crippen molar-refractivity contribution in [3.63, 3.8) is 0 Å². The number of ether oxygens (including phenoxy) is 2. The van der Waals surface area contributed by atoms with Gasteiger partial charge in [-0.3, -0.25) is 19.3 Å². The van der Waals surface area contributed by atoms with Gasteiger partial charge in [-0.05, 0) is 60.7 Å². The number of hydrogen-bond acceptors (Lipinski definition) is 6. The Bertz CT molecular complexity index is 1750. The largest absolute Gasteiger partial charge is 0.454 e. The summed E-state index contributed by atoms with van der Waals surface area (Å²) in [5.41, 5.74) is 3.60. The molecule has 1 N–H and O–H groups in total. The molecule has 2 aliphatic heterocycles. The molecule has 0 radical (unpaired) electrons. The van der Waals surface area contributed by atoms with Crippen molar-refractivity contribution >= 4 is 74.7 Å². The number of anilines is 1. The van der Waals surface area contributed by atoms with Crippen LogP contribution >= 0.6 is 35.0 Å². The summed E-state index contributed by atoms with van der Waals surface area (Å²) in [5.74, 6) is 0.581. The minimum absolute atomic E-state index is 0.0405. The first kappa shape index (κ1) is 26.3. The number of aromatic nitrogens is 1. The lowest BCUT2D eigenvalue weighted by Gasteiger charge is -2.13. The molecule has 6 rings (SSSR count). The molecule has 0 saturated carbocycles. The zero-order chi connectivity index (χ0) is 28.0. The number of thioether (sulfide) groups is 1. The van der Waals surface area contributed by atoms with Crippen LogP contribution in [0.5, 0.6) is 11.5 Å². The van der Waals surface area contributed by atoms with Gasteiger partial charge in [0.2, 0.25) is 12.7 Å². The van der Waals surface area contributed by atoms with E-state index in [1.165, 1.54) is 4.90 Å². The average Bonchev–Trinajstić information content (AvgIpc) is 3.57. The van der Waals surface area contributed by atoms with Crippen molar-refractivity contribution in [3.8, 4) is 11.5 Å². The summed E-state index contributed by atoms with van der Waals surface area (Å²) < 4.78 is 12.6. The topological polar surface area (TPSA) is 89.9 Å². The highest BCUT2D eigenvalue weighted by molar-refractivity contribution is 8.18. The summed E-state index contributed by atoms with van der Waals surface area (Å²) in [6.07, 6.45) is 1.72. The number of fused-ring (bicyclic) bond motifs is 2. The van der Waals surface area contributed by atoms with E-state index in [2.05, 4.69) is 5.32 Å². The monoisotopic (exact) mass is 593 g/mol. The molecule has 202 valence electrons. The Morgan fingerprint density at radius 3 is 2.67 bits per heavy atom. The van der Waals surface area contributed by atoms with Crippen molar-refractivity contribution in [1.29, 1.82) is 0 Å². The summed E-state index contributed by atoms with van der Waals surface area (Å²) in [6.45, 7) is 2.12. The quantitative estimate of drug-likeness (QED) is 0.246. The zero-order valence-corrected chi connectivity index (χ0v) is 23.4. The van der Waals surface area contributed by atoms with Crippen LogP contribution in [0.4, 0.5) is 10.5 Å². The van der Waals surface area contributed by atoms with E-state index in [1.807, 2.05) is 35.8 Å².